The maximum absolute atomic E-state index is 14.0. The van der Waals surface area contributed by atoms with Gasteiger partial charge in [0.1, 0.15) is 18.3 Å². The lowest BCUT2D eigenvalue weighted by Gasteiger charge is -2.33. The molecule has 0 spiro atoms. The summed E-state index contributed by atoms with van der Waals surface area (Å²) in [6.07, 6.45) is 0.359. The molecule has 0 aliphatic carbocycles. The second-order valence-corrected chi connectivity index (χ2v) is 11.1. The number of nitrogens with zero attached hydrogens (tertiary/aromatic N) is 2. The SMILES string of the molecule is CCOc1ccccc1N(CC(=O)N(Cc1cccc(C)c1)[C@H](CC)C(=O)NC)S(=O)(=O)c1ccc(C)cc1. The van der Waals surface area contributed by atoms with Gasteiger partial charge in [-0.2, -0.15) is 0 Å². The van der Waals surface area contributed by atoms with E-state index in [2.05, 4.69) is 5.32 Å². The van der Waals surface area contributed by atoms with Crippen molar-refractivity contribution in [2.45, 2.75) is 51.6 Å². The summed E-state index contributed by atoms with van der Waals surface area (Å²) in [5.74, 6) is -0.484. The Kier molecular flexibility index (Phi) is 10.1. The molecule has 3 aromatic carbocycles. The molecular formula is C30H37N3O5S. The van der Waals surface area contributed by atoms with E-state index in [0.717, 1.165) is 21.0 Å². The number of aryl methyl sites for hydroxylation is 2. The number of rotatable bonds is 12. The highest BCUT2D eigenvalue weighted by molar-refractivity contribution is 7.92. The van der Waals surface area contributed by atoms with E-state index >= 15 is 0 Å². The maximum atomic E-state index is 14.0. The predicted octanol–water partition coefficient (Wildman–Crippen LogP) is 4.45. The summed E-state index contributed by atoms with van der Waals surface area (Å²) in [5, 5.41) is 2.64. The summed E-state index contributed by atoms with van der Waals surface area (Å²) in [6, 6.07) is 20.1. The molecule has 0 radical (unpaired) electrons. The summed E-state index contributed by atoms with van der Waals surface area (Å²) in [6.45, 7) is 7.40. The Morgan fingerprint density at radius 2 is 1.62 bits per heavy atom. The molecule has 3 aromatic rings. The van der Waals surface area contributed by atoms with Gasteiger partial charge in [0, 0.05) is 13.6 Å². The quantitative estimate of drug-likeness (QED) is 0.359. The second kappa shape index (κ2) is 13.3. The van der Waals surface area contributed by atoms with Crippen molar-refractivity contribution in [2.75, 3.05) is 24.5 Å². The number of sulfonamides is 1. The lowest BCUT2D eigenvalue weighted by atomic mass is 10.1. The molecule has 3 rings (SSSR count). The molecule has 1 atom stereocenters. The number of nitrogens with one attached hydrogen (secondary N) is 1. The molecule has 39 heavy (non-hydrogen) atoms. The van der Waals surface area contributed by atoms with Gasteiger partial charge in [0.2, 0.25) is 11.8 Å². The molecule has 0 heterocycles. The third kappa shape index (κ3) is 7.17. The highest BCUT2D eigenvalue weighted by Crippen LogP contribution is 2.33. The van der Waals surface area contributed by atoms with Crippen LogP contribution in [0.5, 0.6) is 5.75 Å². The van der Waals surface area contributed by atoms with Crippen LogP contribution in [0.3, 0.4) is 0 Å². The first kappa shape index (κ1) is 29.7. The van der Waals surface area contributed by atoms with E-state index < -0.39 is 28.5 Å². The van der Waals surface area contributed by atoms with Crippen molar-refractivity contribution in [3.05, 3.63) is 89.5 Å². The van der Waals surface area contributed by atoms with Gasteiger partial charge in [0.15, 0.2) is 0 Å². The number of likely N-dealkylation sites (N-methyl/N-ethyl adjacent to an activating group) is 1. The Bertz CT molecular complexity index is 1390. The molecule has 0 fully saturated rings. The Morgan fingerprint density at radius 1 is 0.923 bits per heavy atom. The summed E-state index contributed by atoms with van der Waals surface area (Å²) in [4.78, 5) is 28.4. The molecule has 2 amide bonds. The fraction of sp³-hybridized carbons (Fsp3) is 0.333. The molecule has 9 heteroatoms. The van der Waals surface area contributed by atoms with Crippen LogP contribution in [0.2, 0.25) is 0 Å². The largest absolute Gasteiger partial charge is 0.492 e. The van der Waals surface area contributed by atoms with Crippen molar-refractivity contribution in [3.63, 3.8) is 0 Å². The molecule has 0 bridgehead atoms. The van der Waals surface area contributed by atoms with Crippen LogP contribution >= 0.6 is 0 Å². The van der Waals surface area contributed by atoms with Gasteiger partial charge < -0.3 is 15.0 Å². The van der Waals surface area contributed by atoms with Crippen LogP contribution in [-0.4, -0.2) is 51.4 Å². The minimum absolute atomic E-state index is 0.0516. The van der Waals surface area contributed by atoms with Crippen molar-refractivity contribution in [1.82, 2.24) is 10.2 Å². The van der Waals surface area contributed by atoms with Crippen LogP contribution in [-0.2, 0) is 26.2 Å². The van der Waals surface area contributed by atoms with Crippen LogP contribution in [0, 0.1) is 13.8 Å². The smallest absolute Gasteiger partial charge is 0.264 e. The van der Waals surface area contributed by atoms with E-state index in [1.165, 1.54) is 24.1 Å². The fourth-order valence-electron chi connectivity index (χ4n) is 4.38. The van der Waals surface area contributed by atoms with Gasteiger partial charge in [-0.3, -0.25) is 13.9 Å². The average Bonchev–Trinajstić information content (AvgIpc) is 2.92. The van der Waals surface area contributed by atoms with Crippen LogP contribution in [0.15, 0.2) is 77.7 Å². The summed E-state index contributed by atoms with van der Waals surface area (Å²) >= 11 is 0. The Balaban J connectivity index is 2.11. The molecule has 0 unspecified atom stereocenters. The number of para-hydroxylation sites is 2. The maximum Gasteiger partial charge on any atom is 0.264 e. The summed E-state index contributed by atoms with van der Waals surface area (Å²) in [7, 11) is -2.65. The summed E-state index contributed by atoms with van der Waals surface area (Å²) in [5.41, 5.74) is 3.01. The third-order valence-corrected chi connectivity index (χ3v) is 8.16. The summed E-state index contributed by atoms with van der Waals surface area (Å²) < 4.78 is 34.8. The molecule has 0 aliphatic heterocycles. The normalized spacial score (nSPS) is 11.9. The van der Waals surface area contributed by atoms with Gasteiger partial charge in [0.05, 0.1) is 17.2 Å². The van der Waals surface area contributed by atoms with E-state index in [9.17, 15) is 18.0 Å². The monoisotopic (exact) mass is 551 g/mol. The number of anilines is 1. The lowest BCUT2D eigenvalue weighted by Crippen LogP contribution is -2.51. The van der Waals surface area contributed by atoms with Crippen molar-refractivity contribution in [1.29, 1.82) is 0 Å². The molecule has 8 nitrogen and oxygen atoms in total. The molecule has 0 aromatic heterocycles. The van der Waals surface area contributed by atoms with Gasteiger partial charge >= 0.3 is 0 Å². The van der Waals surface area contributed by atoms with E-state index in [0.29, 0.717) is 18.8 Å². The zero-order chi connectivity index (χ0) is 28.6. The van der Waals surface area contributed by atoms with Crippen molar-refractivity contribution in [3.8, 4) is 5.75 Å². The molecular weight excluding hydrogens is 514 g/mol. The fourth-order valence-corrected chi connectivity index (χ4v) is 5.81. The van der Waals surface area contributed by atoms with Crippen LogP contribution in [0.1, 0.15) is 37.0 Å². The van der Waals surface area contributed by atoms with Gasteiger partial charge in [-0.1, -0.05) is 66.6 Å². The highest BCUT2D eigenvalue weighted by Gasteiger charge is 2.34. The van der Waals surface area contributed by atoms with Crippen molar-refractivity contribution < 1.29 is 22.7 Å². The second-order valence-electron chi connectivity index (χ2n) is 9.27. The predicted molar refractivity (Wildman–Crippen MR) is 153 cm³/mol. The zero-order valence-electron chi connectivity index (χ0n) is 23.2. The van der Waals surface area contributed by atoms with Crippen molar-refractivity contribution in [2.24, 2.45) is 0 Å². The van der Waals surface area contributed by atoms with Crippen LogP contribution in [0.4, 0.5) is 5.69 Å². The van der Waals surface area contributed by atoms with E-state index in [4.69, 9.17) is 4.74 Å². The third-order valence-electron chi connectivity index (χ3n) is 6.39. The van der Waals surface area contributed by atoms with Crippen LogP contribution in [0.25, 0.3) is 0 Å². The van der Waals surface area contributed by atoms with E-state index in [1.54, 1.807) is 43.3 Å². The van der Waals surface area contributed by atoms with Gasteiger partial charge in [0.25, 0.3) is 10.0 Å². The van der Waals surface area contributed by atoms with Gasteiger partial charge in [-0.05, 0) is 57.0 Å². The molecule has 0 aliphatic rings. The highest BCUT2D eigenvalue weighted by atomic mass is 32.2. The van der Waals surface area contributed by atoms with E-state index in [1.807, 2.05) is 45.0 Å². The molecule has 208 valence electrons. The van der Waals surface area contributed by atoms with Gasteiger partial charge in [-0.15, -0.1) is 0 Å². The minimum atomic E-state index is -4.17. The Hall–Kier alpha value is -3.85. The molecule has 1 N–H and O–H groups in total. The average molecular weight is 552 g/mol. The van der Waals surface area contributed by atoms with E-state index in [-0.39, 0.29) is 23.0 Å². The Labute approximate surface area is 231 Å². The topological polar surface area (TPSA) is 96.0 Å². The van der Waals surface area contributed by atoms with Crippen LogP contribution < -0.4 is 14.4 Å². The van der Waals surface area contributed by atoms with Gasteiger partial charge in [-0.25, -0.2) is 8.42 Å². The number of hydrogen-bond acceptors (Lipinski definition) is 5. The Morgan fingerprint density at radius 3 is 2.23 bits per heavy atom. The standard InChI is InChI=1S/C30H37N3O5S/c1-6-26(30(35)31-5)32(20-24-12-10-11-23(4)19-24)29(34)21-33(27-13-8-9-14-28(27)38-7-2)39(36,37)25-17-15-22(3)16-18-25/h8-19,26H,6-7,20-21H2,1-5H3,(H,31,35)/t26-/m1/s1. The number of hydrogen-bond donors (Lipinski definition) is 1. The number of carbonyl (C=O) groups excluding carboxylic acids is 2. The number of carbonyl (C=O) groups is 2. The first-order chi connectivity index (χ1) is 18.6. The minimum Gasteiger partial charge on any atom is -0.492 e. The lowest BCUT2D eigenvalue weighted by molar-refractivity contribution is -0.140. The first-order valence-electron chi connectivity index (χ1n) is 13.0. The van der Waals surface area contributed by atoms with Crippen molar-refractivity contribution >= 4 is 27.5 Å². The number of amides is 2. The molecule has 0 saturated heterocycles. The number of ether oxygens (including phenoxy) is 1. The zero-order valence-corrected chi connectivity index (χ0v) is 24.0. The number of benzene rings is 3. The first-order valence-corrected chi connectivity index (χ1v) is 14.4. The molecule has 0 saturated carbocycles.